The van der Waals surface area contributed by atoms with Crippen LogP contribution >= 0.6 is 15.9 Å². The fourth-order valence-electron chi connectivity index (χ4n) is 0. The summed E-state index contributed by atoms with van der Waals surface area (Å²) < 4.78 is 0. The molecule has 31 valence electrons. The smallest absolute Gasteiger partial charge is 0.157 e. The van der Waals surface area contributed by atoms with Crippen molar-refractivity contribution in [2.24, 2.45) is 0 Å². The molecule has 0 aliphatic rings. The molecular formula is C3H6BrO. The van der Waals surface area contributed by atoms with Crippen LogP contribution < -0.4 is 0 Å². The Bertz CT molecular complexity index is 20.9. The van der Waals surface area contributed by atoms with E-state index >= 15 is 0 Å². The van der Waals surface area contributed by atoms with E-state index in [-0.39, 0.29) is 0 Å². The van der Waals surface area contributed by atoms with E-state index in [1.54, 1.807) is 0 Å². The molecule has 0 spiro atoms. The Morgan fingerprint density at radius 3 is 2.20 bits per heavy atom. The molecule has 0 aliphatic carbocycles. The van der Waals surface area contributed by atoms with Crippen LogP contribution in [0.3, 0.4) is 0 Å². The van der Waals surface area contributed by atoms with Crippen LogP contribution in [-0.4, -0.2) is 5.11 Å². The Kier molecular flexibility index (Phi) is 2.90. The lowest BCUT2D eigenvalue weighted by Crippen LogP contribution is -1.74. The van der Waals surface area contributed by atoms with Gasteiger partial charge in [-0.25, -0.2) is 0 Å². The number of hydrogen-bond donors (Lipinski definition) is 1. The molecule has 5 heavy (non-hydrogen) atoms. The second kappa shape index (κ2) is 2.67. The van der Waals surface area contributed by atoms with Crippen molar-refractivity contribution in [2.45, 2.75) is 13.3 Å². The highest BCUT2D eigenvalue weighted by Crippen LogP contribution is 2.06. The van der Waals surface area contributed by atoms with Gasteiger partial charge in [-0.15, -0.1) is 0 Å². The predicted molar refractivity (Wildman–Crippen MR) is 24.4 cm³/mol. The number of aliphatic hydroxyl groups excluding tert-OH is 1. The van der Waals surface area contributed by atoms with Crippen molar-refractivity contribution in [3.63, 3.8) is 0 Å². The number of rotatable bonds is 1. The first-order chi connectivity index (χ1) is 2.27. The van der Waals surface area contributed by atoms with Crippen molar-refractivity contribution in [1.29, 1.82) is 0 Å². The summed E-state index contributed by atoms with van der Waals surface area (Å²) in [5, 5.41) is 8.51. The molecule has 0 unspecified atom stereocenters. The number of halogens is 1. The van der Waals surface area contributed by atoms with Gasteiger partial charge in [0.25, 0.3) is 0 Å². The highest BCUT2D eigenvalue weighted by molar-refractivity contribution is 9.11. The average Bonchev–Trinajstić information content (AvgIpc) is 1.38. The van der Waals surface area contributed by atoms with E-state index in [1.165, 1.54) is 0 Å². The quantitative estimate of drug-likeness (QED) is 0.584. The summed E-state index contributed by atoms with van der Waals surface area (Å²) in [7, 11) is 0. The van der Waals surface area contributed by atoms with Gasteiger partial charge in [-0.1, -0.05) is 22.9 Å². The summed E-state index contributed by atoms with van der Waals surface area (Å²) in [6, 6.07) is 0. The van der Waals surface area contributed by atoms with Crippen molar-refractivity contribution in [2.75, 3.05) is 0 Å². The molecule has 0 aromatic rings. The molecule has 0 saturated carbocycles. The van der Waals surface area contributed by atoms with Crippen LogP contribution in [0.1, 0.15) is 13.3 Å². The third-order valence-corrected chi connectivity index (χ3v) is 0.852. The van der Waals surface area contributed by atoms with Crippen molar-refractivity contribution in [1.82, 2.24) is 0 Å². The molecule has 0 saturated heterocycles. The van der Waals surface area contributed by atoms with E-state index in [0.717, 1.165) is 0 Å². The van der Waals surface area contributed by atoms with Crippen molar-refractivity contribution >= 4 is 15.9 Å². The molecule has 0 rings (SSSR count). The van der Waals surface area contributed by atoms with Crippen LogP contribution in [0, 0.1) is 5.01 Å². The van der Waals surface area contributed by atoms with E-state index in [4.69, 9.17) is 5.11 Å². The summed E-state index contributed by atoms with van der Waals surface area (Å²) in [5.41, 5.74) is 0. The molecule has 1 radical (unpaired) electrons. The first-order valence-corrected chi connectivity index (χ1v) is 2.27. The van der Waals surface area contributed by atoms with Crippen LogP contribution in [0.5, 0.6) is 0 Å². The summed E-state index contributed by atoms with van der Waals surface area (Å²) in [6.07, 6.45) is 0.694. The summed E-state index contributed by atoms with van der Waals surface area (Å²) in [5.74, 6) is 0. The summed E-state index contributed by atoms with van der Waals surface area (Å²) in [6.45, 7) is 1.87. The fourth-order valence-corrected chi connectivity index (χ4v) is 0. The zero-order chi connectivity index (χ0) is 4.28. The minimum Gasteiger partial charge on any atom is -0.375 e. The largest absolute Gasteiger partial charge is 0.375 e. The second-order valence-corrected chi connectivity index (χ2v) is 1.65. The molecule has 2 heteroatoms. The highest BCUT2D eigenvalue weighted by atomic mass is 79.9. The standard InChI is InChI=1S/C3H6BrO/c1-2-3(4)5/h5H,2H2,1H3. The average molecular weight is 138 g/mol. The summed E-state index contributed by atoms with van der Waals surface area (Å²) in [4.78, 5) is 0. The Labute approximate surface area is 40.1 Å². The van der Waals surface area contributed by atoms with E-state index in [2.05, 4.69) is 15.9 Å². The molecule has 0 bridgehead atoms. The maximum Gasteiger partial charge on any atom is 0.157 e. The van der Waals surface area contributed by atoms with Crippen LogP contribution in [0.25, 0.3) is 0 Å². The molecule has 0 atom stereocenters. The lowest BCUT2D eigenvalue weighted by atomic mass is 10.5. The SMILES string of the molecule is CC[C](O)Br. The zero-order valence-electron chi connectivity index (χ0n) is 3.03. The zero-order valence-corrected chi connectivity index (χ0v) is 4.62. The highest BCUT2D eigenvalue weighted by Gasteiger charge is 1.87. The van der Waals surface area contributed by atoms with Gasteiger partial charge in [-0.3, -0.25) is 0 Å². The van der Waals surface area contributed by atoms with Gasteiger partial charge >= 0.3 is 0 Å². The molecule has 1 nitrogen and oxygen atoms in total. The Morgan fingerprint density at radius 1 is 2.00 bits per heavy atom. The molecule has 0 aromatic carbocycles. The first-order valence-electron chi connectivity index (χ1n) is 1.47. The molecule has 0 aliphatic heterocycles. The van der Waals surface area contributed by atoms with Gasteiger partial charge in [-0.05, 0) is 6.42 Å². The first kappa shape index (κ1) is 5.44. The van der Waals surface area contributed by atoms with Crippen molar-refractivity contribution < 1.29 is 5.11 Å². The van der Waals surface area contributed by atoms with Gasteiger partial charge in [0.15, 0.2) is 5.01 Å². The van der Waals surface area contributed by atoms with Crippen LogP contribution in [0.2, 0.25) is 0 Å². The Morgan fingerprint density at radius 2 is 2.20 bits per heavy atom. The molecule has 0 heterocycles. The van der Waals surface area contributed by atoms with Gasteiger partial charge in [-0.2, -0.15) is 0 Å². The molecule has 0 amide bonds. The second-order valence-electron chi connectivity index (χ2n) is 0.730. The maximum absolute atomic E-state index is 8.19. The molecule has 0 aromatic heterocycles. The van der Waals surface area contributed by atoms with Gasteiger partial charge in [0.05, 0.1) is 0 Å². The summed E-state index contributed by atoms with van der Waals surface area (Å²) >= 11 is 2.85. The minimum absolute atomic E-state index is 0.317. The van der Waals surface area contributed by atoms with Crippen LogP contribution in [-0.2, 0) is 0 Å². The third kappa shape index (κ3) is 4.44. The van der Waals surface area contributed by atoms with Crippen LogP contribution in [0.4, 0.5) is 0 Å². The monoisotopic (exact) mass is 137 g/mol. The maximum atomic E-state index is 8.19. The number of hydrogen-bond acceptors (Lipinski definition) is 1. The van der Waals surface area contributed by atoms with Gasteiger partial charge < -0.3 is 5.11 Å². The molecular weight excluding hydrogens is 132 g/mol. The third-order valence-electron chi connectivity index (χ3n) is 0.292. The lowest BCUT2D eigenvalue weighted by molar-refractivity contribution is 0.363. The van der Waals surface area contributed by atoms with E-state index < -0.39 is 0 Å². The van der Waals surface area contributed by atoms with Gasteiger partial charge in [0.2, 0.25) is 0 Å². The predicted octanol–water partition coefficient (Wildman–Crippen LogP) is 1.65. The lowest BCUT2D eigenvalue weighted by Gasteiger charge is -1.85. The topological polar surface area (TPSA) is 20.2 Å². The van der Waals surface area contributed by atoms with E-state index in [0.29, 0.717) is 11.4 Å². The molecule has 0 fully saturated rings. The minimum atomic E-state index is 0.317. The van der Waals surface area contributed by atoms with E-state index in [1.807, 2.05) is 6.92 Å². The van der Waals surface area contributed by atoms with Crippen molar-refractivity contribution in [3.8, 4) is 0 Å². The Balaban J connectivity index is 2.54. The fraction of sp³-hybridized carbons (Fsp3) is 0.667. The normalized spacial score (nSPS) is 9.60. The van der Waals surface area contributed by atoms with Crippen molar-refractivity contribution in [3.05, 3.63) is 5.01 Å². The van der Waals surface area contributed by atoms with E-state index in [9.17, 15) is 0 Å². The van der Waals surface area contributed by atoms with Gasteiger partial charge in [0.1, 0.15) is 0 Å². The van der Waals surface area contributed by atoms with Crippen LogP contribution in [0.15, 0.2) is 0 Å². The van der Waals surface area contributed by atoms with Gasteiger partial charge in [0, 0.05) is 0 Å². The number of aliphatic hydroxyl groups is 1. The molecule has 1 N–H and O–H groups in total. The Hall–Kier alpha value is 0.440.